The summed E-state index contributed by atoms with van der Waals surface area (Å²) in [6.07, 6.45) is 1.84. The second-order valence-electron chi connectivity index (χ2n) is 5.76. The molecule has 2 unspecified atom stereocenters. The first kappa shape index (κ1) is 15.2. The molecule has 2 nitrogen and oxygen atoms in total. The molecule has 2 heteroatoms. The second kappa shape index (κ2) is 6.91. The Bertz CT molecular complexity index is 332. The van der Waals surface area contributed by atoms with Crippen molar-refractivity contribution in [1.82, 2.24) is 5.32 Å². The van der Waals surface area contributed by atoms with E-state index in [1.807, 2.05) is 13.0 Å². The standard InChI is InChI=1S/C16H27NO/c1-5-11-16(4,18)12-17-15(13(2)3)14-9-7-6-8-10-14/h6-10,13,15,17-18H,5,11-12H2,1-4H3. The summed E-state index contributed by atoms with van der Waals surface area (Å²) in [6.45, 7) is 9.06. The maximum Gasteiger partial charge on any atom is 0.0743 e. The molecule has 0 aliphatic rings. The van der Waals surface area contributed by atoms with Gasteiger partial charge in [-0.05, 0) is 24.8 Å². The molecule has 2 N–H and O–H groups in total. The van der Waals surface area contributed by atoms with Gasteiger partial charge in [0.25, 0.3) is 0 Å². The minimum absolute atomic E-state index is 0.300. The van der Waals surface area contributed by atoms with Crippen LogP contribution in [0.3, 0.4) is 0 Å². The van der Waals surface area contributed by atoms with Crippen LogP contribution in [0.1, 0.15) is 52.1 Å². The molecule has 0 saturated carbocycles. The highest BCUT2D eigenvalue weighted by Gasteiger charge is 2.22. The average Bonchev–Trinajstić information content (AvgIpc) is 2.30. The number of hydrogen-bond acceptors (Lipinski definition) is 2. The Kier molecular flexibility index (Phi) is 5.83. The van der Waals surface area contributed by atoms with Gasteiger partial charge in [-0.3, -0.25) is 0 Å². The van der Waals surface area contributed by atoms with E-state index in [0.29, 0.717) is 18.5 Å². The van der Waals surface area contributed by atoms with Gasteiger partial charge < -0.3 is 10.4 Å². The smallest absolute Gasteiger partial charge is 0.0743 e. The molecule has 2 atom stereocenters. The van der Waals surface area contributed by atoms with E-state index in [9.17, 15) is 5.11 Å². The van der Waals surface area contributed by atoms with Crippen molar-refractivity contribution in [2.75, 3.05) is 6.54 Å². The molecule has 1 aromatic carbocycles. The SMILES string of the molecule is CCCC(C)(O)CNC(c1ccccc1)C(C)C. The van der Waals surface area contributed by atoms with Crippen LogP contribution < -0.4 is 5.32 Å². The Morgan fingerprint density at radius 3 is 2.33 bits per heavy atom. The highest BCUT2D eigenvalue weighted by atomic mass is 16.3. The summed E-state index contributed by atoms with van der Waals surface area (Å²) in [4.78, 5) is 0. The third-order valence-corrected chi connectivity index (χ3v) is 3.32. The molecular formula is C16H27NO. The molecule has 0 spiro atoms. The molecular weight excluding hydrogens is 222 g/mol. The maximum atomic E-state index is 10.2. The predicted molar refractivity (Wildman–Crippen MR) is 77.6 cm³/mol. The molecule has 18 heavy (non-hydrogen) atoms. The summed E-state index contributed by atoms with van der Waals surface area (Å²) < 4.78 is 0. The zero-order valence-electron chi connectivity index (χ0n) is 12.1. The monoisotopic (exact) mass is 249 g/mol. The van der Waals surface area contributed by atoms with Crippen molar-refractivity contribution in [2.24, 2.45) is 5.92 Å². The Balaban J connectivity index is 2.65. The molecule has 0 aliphatic heterocycles. The van der Waals surface area contributed by atoms with Crippen molar-refractivity contribution in [1.29, 1.82) is 0 Å². The van der Waals surface area contributed by atoms with E-state index in [1.54, 1.807) is 0 Å². The average molecular weight is 249 g/mol. The predicted octanol–water partition coefficient (Wildman–Crippen LogP) is 3.52. The van der Waals surface area contributed by atoms with Crippen LogP contribution in [0.2, 0.25) is 0 Å². The van der Waals surface area contributed by atoms with E-state index < -0.39 is 5.60 Å². The zero-order chi connectivity index (χ0) is 13.6. The van der Waals surface area contributed by atoms with Gasteiger partial charge in [0.2, 0.25) is 0 Å². The fourth-order valence-electron chi connectivity index (χ4n) is 2.36. The van der Waals surface area contributed by atoms with Gasteiger partial charge >= 0.3 is 0 Å². The molecule has 1 rings (SSSR count). The third kappa shape index (κ3) is 4.79. The second-order valence-corrected chi connectivity index (χ2v) is 5.76. The highest BCUT2D eigenvalue weighted by Crippen LogP contribution is 2.22. The molecule has 0 aromatic heterocycles. The number of benzene rings is 1. The summed E-state index contributed by atoms with van der Waals surface area (Å²) in [5, 5.41) is 13.7. The van der Waals surface area contributed by atoms with Gasteiger partial charge in [0.1, 0.15) is 0 Å². The molecule has 0 fully saturated rings. The lowest BCUT2D eigenvalue weighted by Gasteiger charge is -2.29. The first-order valence-corrected chi connectivity index (χ1v) is 6.97. The first-order valence-electron chi connectivity index (χ1n) is 6.97. The van der Waals surface area contributed by atoms with Crippen molar-refractivity contribution >= 4 is 0 Å². The van der Waals surface area contributed by atoms with E-state index in [-0.39, 0.29) is 0 Å². The fourth-order valence-corrected chi connectivity index (χ4v) is 2.36. The fraction of sp³-hybridized carbons (Fsp3) is 0.625. The van der Waals surface area contributed by atoms with Crippen LogP contribution in [-0.4, -0.2) is 17.3 Å². The minimum Gasteiger partial charge on any atom is -0.389 e. The zero-order valence-corrected chi connectivity index (χ0v) is 12.1. The maximum absolute atomic E-state index is 10.2. The van der Waals surface area contributed by atoms with Crippen molar-refractivity contribution in [3.8, 4) is 0 Å². The third-order valence-electron chi connectivity index (χ3n) is 3.32. The summed E-state index contributed by atoms with van der Waals surface area (Å²) in [6, 6.07) is 10.8. The molecule has 0 saturated heterocycles. The van der Waals surface area contributed by atoms with Crippen molar-refractivity contribution in [2.45, 2.75) is 52.2 Å². The van der Waals surface area contributed by atoms with Gasteiger partial charge in [0.15, 0.2) is 0 Å². The van der Waals surface area contributed by atoms with Gasteiger partial charge in [0, 0.05) is 12.6 Å². The van der Waals surface area contributed by atoms with Crippen molar-refractivity contribution in [3.05, 3.63) is 35.9 Å². The van der Waals surface area contributed by atoms with E-state index >= 15 is 0 Å². The lowest BCUT2D eigenvalue weighted by Crippen LogP contribution is -2.40. The number of aliphatic hydroxyl groups is 1. The highest BCUT2D eigenvalue weighted by molar-refractivity contribution is 5.19. The Morgan fingerprint density at radius 2 is 1.83 bits per heavy atom. The largest absolute Gasteiger partial charge is 0.389 e. The number of hydrogen-bond donors (Lipinski definition) is 2. The Hall–Kier alpha value is -0.860. The van der Waals surface area contributed by atoms with Crippen LogP contribution in [0.4, 0.5) is 0 Å². The van der Waals surface area contributed by atoms with Gasteiger partial charge in [-0.25, -0.2) is 0 Å². The normalized spacial score (nSPS) is 16.6. The van der Waals surface area contributed by atoms with E-state index in [4.69, 9.17) is 0 Å². The van der Waals surface area contributed by atoms with Crippen LogP contribution >= 0.6 is 0 Å². The van der Waals surface area contributed by atoms with Gasteiger partial charge in [-0.1, -0.05) is 57.5 Å². The molecule has 0 aliphatic carbocycles. The van der Waals surface area contributed by atoms with Crippen molar-refractivity contribution in [3.63, 3.8) is 0 Å². The van der Waals surface area contributed by atoms with Gasteiger partial charge in [-0.2, -0.15) is 0 Å². The molecule has 0 amide bonds. The summed E-state index contributed by atoms with van der Waals surface area (Å²) >= 11 is 0. The summed E-state index contributed by atoms with van der Waals surface area (Å²) in [7, 11) is 0. The molecule has 0 radical (unpaired) electrons. The molecule has 1 aromatic rings. The Labute approximate surface area is 111 Å². The molecule has 0 heterocycles. The van der Waals surface area contributed by atoms with Crippen LogP contribution in [0.15, 0.2) is 30.3 Å². The minimum atomic E-state index is -0.614. The van der Waals surface area contributed by atoms with E-state index in [0.717, 1.165) is 12.8 Å². The van der Waals surface area contributed by atoms with Gasteiger partial charge in [0.05, 0.1) is 5.60 Å². The van der Waals surface area contributed by atoms with E-state index in [2.05, 4.69) is 50.4 Å². The van der Waals surface area contributed by atoms with Gasteiger partial charge in [-0.15, -0.1) is 0 Å². The lowest BCUT2D eigenvalue weighted by atomic mass is 9.94. The summed E-state index contributed by atoms with van der Waals surface area (Å²) in [5.74, 6) is 0.504. The molecule has 102 valence electrons. The number of rotatable bonds is 7. The van der Waals surface area contributed by atoms with Crippen molar-refractivity contribution < 1.29 is 5.11 Å². The summed E-state index contributed by atoms with van der Waals surface area (Å²) in [5.41, 5.74) is 0.677. The number of nitrogens with one attached hydrogen (secondary N) is 1. The van der Waals surface area contributed by atoms with Crippen LogP contribution in [0.25, 0.3) is 0 Å². The van der Waals surface area contributed by atoms with Crippen LogP contribution in [0, 0.1) is 5.92 Å². The van der Waals surface area contributed by atoms with Crippen LogP contribution in [0.5, 0.6) is 0 Å². The first-order chi connectivity index (χ1) is 8.46. The topological polar surface area (TPSA) is 32.3 Å². The Morgan fingerprint density at radius 1 is 1.22 bits per heavy atom. The quantitative estimate of drug-likeness (QED) is 0.775. The molecule has 0 bridgehead atoms. The van der Waals surface area contributed by atoms with Crippen LogP contribution in [-0.2, 0) is 0 Å². The van der Waals surface area contributed by atoms with E-state index in [1.165, 1.54) is 5.56 Å². The lowest BCUT2D eigenvalue weighted by molar-refractivity contribution is 0.0454.